The molecule has 3 rings (SSSR count). The molecule has 7 heteroatoms. The minimum Gasteiger partial charge on any atom is -0.322 e. The first kappa shape index (κ1) is 14.5. The molecule has 0 aromatic carbocycles. The number of carbonyl (C=O) groups excluding carboxylic acids is 2. The number of urea groups is 1. The van der Waals surface area contributed by atoms with Gasteiger partial charge in [-0.25, -0.2) is 9.78 Å². The lowest BCUT2D eigenvalue weighted by Crippen LogP contribution is -2.49. The van der Waals surface area contributed by atoms with Gasteiger partial charge in [-0.05, 0) is 27.2 Å². The summed E-state index contributed by atoms with van der Waals surface area (Å²) in [7, 11) is 0. The van der Waals surface area contributed by atoms with Crippen LogP contribution in [-0.2, 0) is 11.3 Å². The molecule has 3 heterocycles. The third-order valence-corrected chi connectivity index (χ3v) is 4.93. The summed E-state index contributed by atoms with van der Waals surface area (Å²) >= 11 is 1.63. The zero-order chi connectivity index (χ0) is 15.2. The number of aromatic nitrogens is 1. The van der Waals surface area contributed by atoms with Crippen LogP contribution in [0.15, 0.2) is 5.38 Å². The Balaban J connectivity index is 1.71. The van der Waals surface area contributed by atoms with E-state index in [9.17, 15) is 9.59 Å². The van der Waals surface area contributed by atoms with E-state index in [1.165, 1.54) is 4.90 Å². The van der Waals surface area contributed by atoms with Crippen LogP contribution in [0.1, 0.15) is 31.0 Å². The summed E-state index contributed by atoms with van der Waals surface area (Å²) in [6.45, 7) is 7.81. The Morgan fingerprint density at radius 1 is 1.48 bits per heavy atom. The normalized spacial score (nSPS) is 26.4. The average molecular weight is 308 g/mol. The van der Waals surface area contributed by atoms with Gasteiger partial charge in [-0.2, -0.15) is 0 Å². The molecule has 1 aromatic heterocycles. The number of amides is 3. The first-order valence-electron chi connectivity index (χ1n) is 7.20. The van der Waals surface area contributed by atoms with Crippen LogP contribution in [0.2, 0.25) is 0 Å². The van der Waals surface area contributed by atoms with Gasteiger partial charge in [0.2, 0.25) is 0 Å². The van der Waals surface area contributed by atoms with Crippen molar-refractivity contribution in [2.24, 2.45) is 0 Å². The highest BCUT2D eigenvalue weighted by atomic mass is 32.1. The molecule has 0 saturated carbocycles. The number of likely N-dealkylation sites (tertiary alicyclic amines) is 1. The highest BCUT2D eigenvalue weighted by molar-refractivity contribution is 7.09. The van der Waals surface area contributed by atoms with E-state index in [4.69, 9.17) is 0 Å². The van der Waals surface area contributed by atoms with E-state index < -0.39 is 5.54 Å². The Bertz CT molecular complexity index is 585. The number of imide groups is 1. The molecule has 2 fully saturated rings. The molecule has 0 bridgehead atoms. The van der Waals surface area contributed by atoms with Crippen molar-refractivity contribution in [1.82, 2.24) is 20.1 Å². The maximum absolute atomic E-state index is 12.6. The van der Waals surface area contributed by atoms with Gasteiger partial charge >= 0.3 is 6.03 Å². The molecule has 2 saturated heterocycles. The lowest BCUT2D eigenvalue weighted by molar-refractivity contribution is -0.132. The minimum atomic E-state index is -0.730. The summed E-state index contributed by atoms with van der Waals surface area (Å²) in [5.41, 5.74) is 0.305. The summed E-state index contributed by atoms with van der Waals surface area (Å²) in [6.07, 6.45) is 0.671. The zero-order valence-electron chi connectivity index (χ0n) is 12.5. The van der Waals surface area contributed by atoms with E-state index in [0.29, 0.717) is 13.0 Å². The SMILES string of the molecule is Cc1nc(CN2CC[C@]3(C2)NC(=O)N(C(C)C)C3=O)cs1. The number of hydrogen-bond acceptors (Lipinski definition) is 5. The quantitative estimate of drug-likeness (QED) is 0.856. The predicted molar refractivity (Wildman–Crippen MR) is 80.0 cm³/mol. The summed E-state index contributed by atoms with van der Waals surface area (Å²) in [5, 5.41) is 6.01. The maximum atomic E-state index is 12.6. The average Bonchev–Trinajstić information content (AvgIpc) is 3.03. The number of aryl methyl sites for hydroxylation is 1. The molecule has 1 spiro atoms. The van der Waals surface area contributed by atoms with Crippen LogP contribution in [0.5, 0.6) is 0 Å². The number of rotatable bonds is 3. The molecule has 0 aliphatic carbocycles. The smallest absolute Gasteiger partial charge is 0.322 e. The molecular formula is C14H20N4O2S. The highest BCUT2D eigenvalue weighted by Gasteiger charge is 2.55. The van der Waals surface area contributed by atoms with Gasteiger partial charge in [-0.1, -0.05) is 0 Å². The van der Waals surface area contributed by atoms with E-state index in [0.717, 1.165) is 23.8 Å². The largest absolute Gasteiger partial charge is 0.325 e. The van der Waals surface area contributed by atoms with Gasteiger partial charge in [-0.15, -0.1) is 11.3 Å². The van der Waals surface area contributed by atoms with Crippen molar-refractivity contribution in [3.63, 3.8) is 0 Å². The summed E-state index contributed by atoms with van der Waals surface area (Å²) < 4.78 is 0. The van der Waals surface area contributed by atoms with Crippen molar-refractivity contribution >= 4 is 23.3 Å². The van der Waals surface area contributed by atoms with Crippen LogP contribution in [0.3, 0.4) is 0 Å². The Kier molecular flexibility index (Phi) is 3.49. The number of nitrogens with zero attached hydrogens (tertiary/aromatic N) is 3. The third-order valence-electron chi connectivity index (χ3n) is 4.11. The Hall–Kier alpha value is -1.47. The van der Waals surface area contributed by atoms with Crippen molar-refractivity contribution in [3.8, 4) is 0 Å². The molecule has 0 radical (unpaired) electrons. The van der Waals surface area contributed by atoms with Crippen molar-refractivity contribution in [2.75, 3.05) is 13.1 Å². The summed E-state index contributed by atoms with van der Waals surface area (Å²) in [6, 6.07) is -0.367. The highest BCUT2D eigenvalue weighted by Crippen LogP contribution is 2.30. The molecule has 6 nitrogen and oxygen atoms in total. The number of nitrogens with one attached hydrogen (secondary N) is 1. The third kappa shape index (κ3) is 2.44. The maximum Gasteiger partial charge on any atom is 0.325 e. The Morgan fingerprint density at radius 3 is 2.81 bits per heavy atom. The van der Waals surface area contributed by atoms with E-state index >= 15 is 0 Å². The van der Waals surface area contributed by atoms with Gasteiger partial charge < -0.3 is 5.32 Å². The fourth-order valence-corrected chi connectivity index (χ4v) is 3.72. The van der Waals surface area contributed by atoms with Crippen LogP contribution in [0, 0.1) is 6.92 Å². The number of carbonyl (C=O) groups is 2. The monoisotopic (exact) mass is 308 g/mol. The molecule has 114 valence electrons. The second kappa shape index (κ2) is 5.06. The van der Waals surface area contributed by atoms with Gasteiger partial charge in [0, 0.05) is 31.1 Å². The lowest BCUT2D eigenvalue weighted by Gasteiger charge is -2.23. The second-order valence-electron chi connectivity index (χ2n) is 6.10. The van der Waals surface area contributed by atoms with E-state index in [1.807, 2.05) is 20.8 Å². The van der Waals surface area contributed by atoms with Gasteiger partial charge in [-0.3, -0.25) is 14.6 Å². The molecule has 0 unspecified atom stereocenters. The van der Waals surface area contributed by atoms with E-state index in [2.05, 4.69) is 20.6 Å². The first-order valence-corrected chi connectivity index (χ1v) is 8.08. The molecule has 2 aliphatic heterocycles. The van der Waals surface area contributed by atoms with Crippen molar-refractivity contribution in [3.05, 3.63) is 16.1 Å². The fraction of sp³-hybridized carbons (Fsp3) is 0.643. The van der Waals surface area contributed by atoms with Gasteiger partial charge in [0.25, 0.3) is 5.91 Å². The molecular weight excluding hydrogens is 288 g/mol. The topological polar surface area (TPSA) is 65.5 Å². The van der Waals surface area contributed by atoms with Gasteiger partial charge in [0.1, 0.15) is 5.54 Å². The zero-order valence-corrected chi connectivity index (χ0v) is 13.4. The first-order chi connectivity index (χ1) is 9.91. The Labute approximate surface area is 128 Å². The van der Waals surface area contributed by atoms with Crippen LogP contribution in [0.4, 0.5) is 4.79 Å². The van der Waals surface area contributed by atoms with Gasteiger partial charge in [0.15, 0.2) is 0 Å². The second-order valence-corrected chi connectivity index (χ2v) is 7.16. The van der Waals surface area contributed by atoms with Crippen LogP contribution in [0.25, 0.3) is 0 Å². The molecule has 1 aromatic rings. The fourth-order valence-electron chi connectivity index (χ4n) is 3.12. The molecule has 21 heavy (non-hydrogen) atoms. The standard InChI is InChI=1S/C14H20N4O2S/c1-9(2)18-12(19)14(16-13(18)20)4-5-17(8-14)6-11-7-21-10(3)15-11/h7,9H,4-6,8H2,1-3H3,(H,16,20)/t14-/m1/s1. The molecule has 1 atom stereocenters. The van der Waals surface area contributed by atoms with Crippen molar-refractivity contribution in [1.29, 1.82) is 0 Å². The molecule has 2 aliphatic rings. The number of hydrogen-bond donors (Lipinski definition) is 1. The van der Waals surface area contributed by atoms with E-state index in [1.54, 1.807) is 11.3 Å². The Morgan fingerprint density at radius 2 is 2.24 bits per heavy atom. The number of thiazole rings is 1. The van der Waals surface area contributed by atoms with Gasteiger partial charge in [0.05, 0.1) is 10.7 Å². The molecule has 3 amide bonds. The molecule has 1 N–H and O–H groups in total. The van der Waals surface area contributed by atoms with Crippen LogP contribution in [-0.4, -0.2) is 51.4 Å². The predicted octanol–water partition coefficient (Wildman–Crippen LogP) is 1.36. The summed E-state index contributed by atoms with van der Waals surface area (Å²) in [5.74, 6) is -0.0838. The van der Waals surface area contributed by atoms with Crippen LogP contribution >= 0.6 is 11.3 Å². The van der Waals surface area contributed by atoms with Crippen molar-refractivity contribution < 1.29 is 9.59 Å². The lowest BCUT2D eigenvalue weighted by atomic mass is 9.98. The van der Waals surface area contributed by atoms with E-state index in [-0.39, 0.29) is 18.0 Å². The summed E-state index contributed by atoms with van der Waals surface area (Å²) in [4.78, 5) is 32.6. The minimum absolute atomic E-state index is 0.0838. The van der Waals surface area contributed by atoms with Crippen LogP contribution < -0.4 is 5.32 Å². The van der Waals surface area contributed by atoms with Crippen molar-refractivity contribution in [2.45, 2.75) is 45.3 Å².